The Hall–Kier alpha value is -4.43. The van der Waals surface area contributed by atoms with Crippen LogP contribution in [0.25, 0.3) is 22.0 Å². The Bertz CT molecular complexity index is 1630. The number of Topliss-reactive ketones (excluding diaryl/α,β-unsaturated/α-hetero) is 1. The van der Waals surface area contributed by atoms with Crippen LogP contribution in [0.1, 0.15) is 53.7 Å². The molecule has 1 N–H and O–H groups in total. The van der Waals surface area contributed by atoms with E-state index >= 15 is 0 Å². The van der Waals surface area contributed by atoms with Gasteiger partial charge in [-0.1, -0.05) is 18.6 Å². The molecule has 6 rings (SSSR count). The summed E-state index contributed by atoms with van der Waals surface area (Å²) in [5, 5.41) is 8.20. The number of aromatic nitrogens is 4. The van der Waals surface area contributed by atoms with Crippen molar-refractivity contribution in [2.75, 3.05) is 13.1 Å². The number of ether oxygens (including phenoxy) is 1. The number of nitrogens with one attached hydrogen (secondary N) is 1. The van der Waals surface area contributed by atoms with E-state index in [4.69, 9.17) is 4.74 Å². The van der Waals surface area contributed by atoms with E-state index < -0.39 is 0 Å². The molecule has 1 saturated heterocycles. The van der Waals surface area contributed by atoms with Gasteiger partial charge in [-0.15, -0.1) is 0 Å². The van der Waals surface area contributed by atoms with Gasteiger partial charge in [-0.05, 0) is 97.9 Å². The van der Waals surface area contributed by atoms with Crippen LogP contribution in [0.5, 0.6) is 11.6 Å². The summed E-state index contributed by atoms with van der Waals surface area (Å²) >= 11 is 0. The first-order valence-corrected chi connectivity index (χ1v) is 14.2. The lowest BCUT2D eigenvalue weighted by Crippen LogP contribution is -2.29. The Morgan fingerprint density at radius 1 is 0.902 bits per heavy atom. The van der Waals surface area contributed by atoms with Crippen molar-refractivity contribution >= 4 is 16.7 Å². The van der Waals surface area contributed by atoms with Gasteiger partial charge in [0, 0.05) is 48.6 Å². The zero-order valence-corrected chi connectivity index (χ0v) is 22.9. The molecule has 0 aliphatic carbocycles. The molecule has 0 atom stereocenters. The van der Waals surface area contributed by atoms with Crippen molar-refractivity contribution in [3.05, 3.63) is 102 Å². The molecular formula is C33H32FN5O2. The fraction of sp³-hybridized carbons (Fsp3) is 0.273. The number of halogens is 1. The van der Waals surface area contributed by atoms with E-state index in [0.717, 1.165) is 47.2 Å². The number of piperidine rings is 1. The highest BCUT2D eigenvalue weighted by Gasteiger charge is 2.16. The Morgan fingerprint density at radius 2 is 1.76 bits per heavy atom. The fourth-order valence-electron chi connectivity index (χ4n) is 5.33. The first kappa shape index (κ1) is 26.8. The van der Waals surface area contributed by atoms with Crippen LogP contribution in [0.4, 0.5) is 4.39 Å². The molecule has 0 unspecified atom stereocenters. The number of fused-ring (bicyclic) bond motifs is 1. The number of carbonyl (C=O) groups is 1. The van der Waals surface area contributed by atoms with Crippen LogP contribution < -0.4 is 4.74 Å². The second-order valence-electron chi connectivity index (χ2n) is 10.6. The number of nitrogens with zero attached hydrogens (tertiary/aromatic N) is 4. The third-order valence-corrected chi connectivity index (χ3v) is 7.51. The minimum Gasteiger partial charge on any atom is -0.439 e. The maximum Gasteiger partial charge on any atom is 0.219 e. The molecular weight excluding hydrogens is 517 g/mol. The van der Waals surface area contributed by atoms with Crippen LogP contribution in [-0.2, 0) is 13.0 Å². The average molecular weight is 550 g/mol. The Labute approximate surface area is 238 Å². The van der Waals surface area contributed by atoms with Crippen molar-refractivity contribution in [3.8, 4) is 22.8 Å². The largest absolute Gasteiger partial charge is 0.439 e. The van der Waals surface area contributed by atoms with Crippen molar-refractivity contribution < 1.29 is 13.9 Å². The van der Waals surface area contributed by atoms with Crippen molar-refractivity contribution in [1.82, 2.24) is 25.1 Å². The molecule has 8 heteroatoms. The summed E-state index contributed by atoms with van der Waals surface area (Å²) in [6, 6.07) is 17.8. The predicted molar refractivity (Wildman–Crippen MR) is 156 cm³/mol. The number of likely N-dealkylation sites (tertiary alicyclic amines) is 1. The monoisotopic (exact) mass is 549 g/mol. The van der Waals surface area contributed by atoms with Crippen LogP contribution in [0.2, 0.25) is 0 Å². The molecule has 7 nitrogen and oxygen atoms in total. The molecule has 0 radical (unpaired) electrons. The minimum absolute atomic E-state index is 0.00889. The van der Waals surface area contributed by atoms with Gasteiger partial charge in [0.05, 0.1) is 5.52 Å². The molecule has 208 valence electrons. The van der Waals surface area contributed by atoms with Gasteiger partial charge < -0.3 is 4.74 Å². The zero-order chi connectivity index (χ0) is 28.0. The fourth-order valence-corrected chi connectivity index (χ4v) is 5.33. The number of rotatable bonds is 10. The van der Waals surface area contributed by atoms with Crippen molar-refractivity contribution in [2.24, 2.45) is 0 Å². The van der Waals surface area contributed by atoms with Gasteiger partial charge in [0.25, 0.3) is 0 Å². The highest BCUT2D eigenvalue weighted by molar-refractivity contribution is 6.06. The van der Waals surface area contributed by atoms with E-state index in [0.29, 0.717) is 36.6 Å². The van der Waals surface area contributed by atoms with Gasteiger partial charge in [-0.25, -0.2) is 9.37 Å². The van der Waals surface area contributed by atoms with Gasteiger partial charge in [0.15, 0.2) is 5.78 Å². The maximum absolute atomic E-state index is 13.2. The van der Waals surface area contributed by atoms with Crippen LogP contribution in [0, 0.1) is 5.82 Å². The minimum atomic E-state index is -0.316. The molecule has 0 saturated carbocycles. The first-order valence-electron chi connectivity index (χ1n) is 14.2. The Balaban J connectivity index is 1.08. The SMILES string of the molecule is O=C(CCCc1ccc(Oc2ccc(F)cc2)nc1)c1n[nH]c2ccc(-c3cncc(CN4CCCCC4)c3)cc12. The molecule has 1 fully saturated rings. The lowest BCUT2D eigenvalue weighted by molar-refractivity contribution is 0.0977. The molecule has 1 aliphatic heterocycles. The summed E-state index contributed by atoms with van der Waals surface area (Å²) in [5.74, 6) is 0.647. The molecule has 1 aliphatic rings. The highest BCUT2D eigenvalue weighted by Crippen LogP contribution is 2.27. The molecule has 0 amide bonds. The quantitative estimate of drug-likeness (QED) is 0.186. The van der Waals surface area contributed by atoms with E-state index in [9.17, 15) is 9.18 Å². The summed E-state index contributed by atoms with van der Waals surface area (Å²) in [7, 11) is 0. The number of ketones is 1. The van der Waals surface area contributed by atoms with Crippen LogP contribution in [0.3, 0.4) is 0 Å². The number of hydrogen-bond donors (Lipinski definition) is 1. The number of pyridine rings is 2. The van der Waals surface area contributed by atoms with Crippen LogP contribution in [-0.4, -0.2) is 43.9 Å². The van der Waals surface area contributed by atoms with E-state index in [-0.39, 0.29) is 11.6 Å². The van der Waals surface area contributed by atoms with Crippen molar-refractivity contribution in [3.63, 3.8) is 0 Å². The second kappa shape index (κ2) is 12.4. The number of H-pyrrole nitrogens is 1. The third kappa shape index (κ3) is 6.66. The maximum atomic E-state index is 13.2. The summed E-state index contributed by atoms with van der Waals surface area (Å²) in [6.07, 6.45) is 11.2. The van der Waals surface area contributed by atoms with Gasteiger partial charge in [0.1, 0.15) is 17.3 Å². The van der Waals surface area contributed by atoms with E-state index in [2.05, 4.69) is 31.1 Å². The van der Waals surface area contributed by atoms with Crippen LogP contribution in [0.15, 0.2) is 79.3 Å². The van der Waals surface area contributed by atoms with Crippen molar-refractivity contribution in [1.29, 1.82) is 0 Å². The van der Waals surface area contributed by atoms with E-state index in [1.165, 1.54) is 37.0 Å². The summed E-state index contributed by atoms with van der Waals surface area (Å²) in [4.78, 5) is 24.5. The molecule has 0 bridgehead atoms. The Morgan fingerprint density at radius 3 is 2.56 bits per heavy atom. The third-order valence-electron chi connectivity index (χ3n) is 7.51. The highest BCUT2D eigenvalue weighted by atomic mass is 19.1. The first-order chi connectivity index (χ1) is 20.1. The zero-order valence-electron chi connectivity index (χ0n) is 22.9. The molecule has 2 aromatic carbocycles. The molecule has 0 spiro atoms. The smallest absolute Gasteiger partial charge is 0.219 e. The van der Waals surface area contributed by atoms with Gasteiger partial charge in [-0.2, -0.15) is 5.10 Å². The second-order valence-corrected chi connectivity index (χ2v) is 10.6. The van der Waals surface area contributed by atoms with Gasteiger partial charge >= 0.3 is 0 Å². The van der Waals surface area contributed by atoms with Gasteiger partial charge in [-0.3, -0.25) is 19.8 Å². The lowest BCUT2D eigenvalue weighted by Gasteiger charge is -2.26. The van der Waals surface area contributed by atoms with Crippen molar-refractivity contribution in [2.45, 2.75) is 45.1 Å². The molecule has 5 aromatic rings. The summed E-state index contributed by atoms with van der Waals surface area (Å²) in [6.45, 7) is 3.20. The topological polar surface area (TPSA) is 84.0 Å². The number of aromatic amines is 1. The predicted octanol–water partition coefficient (Wildman–Crippen LogP) is 7.14. The average Bonchev–Trinajstić information content (AvgIpc) is 3.43. The number of benzene rings is 2. The summed E-state index contributed by atoms with van der Waals surface area (Å²) in [5.41, 5.74) is 5.60. The van der Waals surface area contributed by atoms with Crippen LogP contribution >= 0.6 is 0 Å². The number of hydrogen-bond acceptors (Lipinski definition) is 6. The molecule has 3 aromatic heterocycles. The summed E-state index contributed by atoms with van der Waals surface area (Å²) < 4.78 is 18.7. The molecule has 4 heterocycles. The lowest BCUT2D eigenvalue weighted by atomic mass is 10.0. The number of carbonyl (C=O) groups excluding carboxylic acids is 1. The normalized spacial score (nSPS) is 13.9. The molecule has 41 heavy (non-hydrogen) atoms. The van der Waals surface area contributed by atoms with E-state index in [1.54, 1.807) is 24.4 Å². The van der Waals surface area contributed by atoms with E-state index in [1.807, 2.05) is 36.7 Å². The Kier molecular flexibility index (Phi) is 8.09. The number of aryl methyl sites for hydroxylation is 1. The standard InChI is InChI=1S/C33H32FN5O2/c34-27-9-11-28(12-10-27)41-32-14-7-23(20-36-32)5-4-6-31(40)33-29-18-25(8-13-30(29)37-38-33)26-17-24(19-35-21-26)22-39-15-2-1-3-16-39/h7-14,17-21H,1-6,15-16,22H2,(H,37,38). The van der Waals surface area contributed by atoms with Gasteiger partial charge in [0.2, 0.25) is 5.88 Å².